The van der Waals surface area contributed by atoms with Crippen LogP contribution >= 0.6 is 0 Å². The lowest BCUT2D eigenvalue weighted by Gasteiger charge is -2.40. The maximum atomic E-state index is 12.3. The summed E-state index contributed by atoms with van der Waals surface area (Å²) >= 11 is 0. The Kier molecular flexibility index (Phi) is 4.40. The molecule has 3 atom stereocenters. The van der Waals surface area contributed by atoms with Gasteiger partial charge in [0.1, 0.15) is 6.10 Å². The van der Waals surface area contributed by atoms with Crippen molar-refractivity contribution in [1.29, 1.82) is 0 Å². The smallest absolute Gasteiger partial charge is 0.251 e. The topological polar surface area (TPSA) is 41.6 Å². The normalized spacial score (nSPS) is 31.5. The average Bonchev–Trinajstić information content (AvgIpc) is 2.90. The molecular formula is C13H24N2O2. The molecule has 0 aromatic carbocycles. The number of amides is 1. The van der Waals surface area contributed by atoms with Crippen LogP contribution < -0.4 is 5.32 Å². The molecule has 0 aromatic heterocycles. The van der Waals surface area contributed by atoms with E-state index in [4.69, 9.17) is 4.74 Å². The minimum Gasteiger partial charge on any atom is -0.372 e. The summed E-state index contributed by atoms with van der Waals surface area (Å²) < 4.78 is 5.16. The number of likely N-dealkylation sites (tertiary alicyclic amines) is 1. The number of piperidine rings is 1. The van der Waals surface area contributed by atoms with Crippen LogP contribution in [0.15, 0.2) is 0 Å². The first-order valence-electron chi connectivity index (χ1n) is 6.80. The number of carbonyl (C=O) groups excluding carboxylic acids is 1. The van der Waals surface area contributed by atoms with E-state index in [-0.39, 0.29) is 12.0 Å². The molecule has 0 bridgehead atoms. The maximum Gasteiger partial charge on any atom is 0.251 e. The van der Waals surface area contributed by atoms with Crippen molar-refractivity contribution < 1.29 is 9.53 Å². The van der Waals surface area contributed by atoms with Gasteiger partial charge in [0.05, 0.1) is 0 Å². The number of nitrogens with one attached hydrogen (secondary N) is 1. The summed E-state index contributed by atoms with van der Waals surface area (Å²) in [6.45, 7) is 3.84. The molecule has 4 nitrogen and oxygen atoms in total. The molecule has 2 aliphatic rings. The van der Waals surface area contributed by atoms with E-state index in [0.29, 0.717) is 12.1 Å². The van der Waals surface area contributed by atoms with Gasteiger partial charge in [-0.25, -0.2) is 0 Å². The summed E-state index contributed by atoms with van der Waals surface area (Å²) in [6, 6.07) is 0.889. The van der Waals surface area contributed by atoms with Gasteiger partial charge >= 0.3 is 0 Å². The first-order chi connectivity index (χ1) is 8.24. The fourth-order valence-corrected chi connectivity index (χ4v) is 3.02. The fourth-order valence-electron chi connectivity index (χ4n) is 3.02. The van der Waals surface area contributed by atoms with Gasteiger partial charge in [-0.1, -0.05) is 0 Å². The van der Waals surface area contributed by atoms with Gasteiger partial charge in [-0.15, -0.1) is 0 Å². The summed E-state index contributed by atoms with van der Waals surface area (Å²) in [6.07, 6.45) is 5.65. The number of carbonyl (C=O) groups is 1. The molecule has 0 aromatic rings. The number of methoxy groups -OCH3 is 1. The Morgan fingerprint density at radius 2 is 2.18 bits per heavy atom. The van der Waals surface area contributed by atoms with E-state index in [1.807, 2.05) is 6.92 Å². The van der Waals surface area contributed by atoms with E-state index in [1.54, 1.807) is 7.11 Å². The van der Waals surface area contributed by atoms with Gasteiger partial charge in [-0.3, -0.25) is 4.79 Å². The second kappa shape index (κ2) is 5.83. The molecule has 2 saturated heterocycles. The van der Waals surface area contributed by atoms with Crippen molar-refractivity contribution in [2.75, 3.05) is 20.2 Å². The molecule has 0 saturated carbocycles. The summed E-state index contributed by atoms with van der Waals surface area (Å²) in [5, 5.41) is 3.53. The monoisotopic (exact) mass is 240 g/mol. The van der Waals surface area contributed by atoms with E-state index in [1.165, 1.54) is 19.3 Å². The minimum absolute atomic E-state index is 0.158. The van der Waals surface area contributed by atoms with Crippen molar-refractivity contribution in [3.05, 3.63) is 0 Å². The Balaban J connectivity index is 2.03. The molecule has 2 rings (SSSR count). The van der Waals surface area contributed by atoms with Crippen LogP contribution in [0.25, 0.3) is 0 Å². The molecule has 1 N–H and O–H groups in total. The van der Waals surface area contributed by atoms with Crippen LogP contribution in [-0.2, 0) is 9.53 Å². The number of ether oxygens (including phenoxy) is 1. The summed E-state index contributed by atoms with van der Waals surface area (Å²) in [7, 11) is 1.61. The van der Waals surface area contributed by atoms with E-state index in [2.05, 4.69) is 10.2 Å². The quantitative estimate of drug-likeness (QED) is 0.804. The van der Waals surface area contributed by atoms with Gasteiger partial charge in [-0.2, -0.15) is 0 Å². The zero-order chi connectivity index (χ0) is 12.3. The molecule has 0 aliphatic carbocycles. The Hall–Kier alpha value is -0.610. The summed E-state index contributed by atoms with van der Waals surface area (Å²) in [5.74, 6) is 0.158. The molecule has 0 radical (unpaired) electrons. The molecule has 98 valence electrons. The van der Waals surface area contributed by atoms with Crippen molar-refractivity contribution in [3.8, 4) is 0 Å². The lowest BCUT2D eigenvalue weighted by molar-refractivity contribution is -0.145. The van der Waals surface area contributed by atoms with Crippen molar-refractivity contribution in [2.24, 2.45) is 0 Å². The first-order valence-corrected chi connectivity index (χ1v) is 6.80. The van der Waals surface area contributed by atoms with Crippen LogP contribution in [-0.4, -0.2) is 49.2 Å². The van der Waals surface area contributed by atoms with Crippen LogP contribution in [0.5, 0.6) is 0 Å². The highest BCUT2D eigenvalue weighted by Gasteiger charge is 2.35. The van der Waals surface area contributed by atoms with Crippen LogP contribution in [0.2, 0.25) is 0 Å². The molecule has 3 unspecified atom stereocenters. The third-order valence-electron chi connectivity index (χ3n) is 4.10. The number of hydrogen-bond acceptors (Lipinski definition) is 3. The van der Waals surface area contributed by atoms with Crippen molar-refractivity contribution in [2.45, 2.75) is 57.2 Å². The molecule has 2 heterocycles. The largest absolute Gasteiger partial charge is 0.372 e. The molecule has 2 aliphatic heterocycles. The molecular weight excluding hydrogens is 216 g/mol. The van der Waals surface area contributed by atoms with E-state index in [9.17, 15) is 4.79 Å². The number of hydrogen-bond donors (Lipinski definition) is 1. The van der Waals surface area contributed by atoms with Crippen LogP contribution in [0.3, 0.4) is 0 Å². The molecule has 1 amide bonds. The van der Waals surface area contributed by atoms with Gasteiger partial charge in [0.15, 0.2) is 0 Å². The Bertz CT molecular complexity index is 264. The second-order valence-electron chi connectivity index (χ2n) is 5.18. The van der Waals surface area contributed by atoms with E-state index >= 15 is 0 Å². The lowest BCUT2D eigenvalue weighted by atomic mass is 9.94. The van der Waals surface area contributed by atoms with Crippen LogP contribution in [0.1, 0.15) is 39.0 Å². The summed E-state index contributed by atoms with van der Waals surface area (Å²) in [5.41, 5.74) is 0. The van der Waals surface area contributed by atoms with E-state index < -0.39 is 0 Å². The highest BCUT2D eigenvalue weighted by Crippen LogP contribution is 2.25. The highest BCUT2D eigenvalue weighted by molar-refractivity contribution is 5.81. The lowest BCUT2D eigenvalue weighted by Crippen LogP contribution is -2.54. The second-order valence-corrected chi connectivity index (χ2v) is 5.18. The van der Waals surface area contributed by atoms with Crippen molar-refractivity contribution >= 4 is 5.91 Å². The fraction of sp³-hybridized carbons (Fsp3) is 0.923. The van der Waals surface area contributed by atoms with Gasteiger partial charge in [-0.05, 0) is 45.6 Å². The van der Waals surface area contributed by atoms with Crippen molar-refractivity contribution in [3.63, 3.8) is 0 Å². The standard InChI is InChI=1S/C13H24N2O2/c1-10(17-2)13(16)15-9-4-3-7-12(15)11-6-5-8-14-11/h10-12,14H,3-9H2,1-2H3. The van der Waals surface area contributed by atoms with Crippen molar-refractivity contribution in [1.82, 2.24) is 10.2 Å². The summed E-state index contributed by atoms with van der Waals surface area (Å²) in [4.78, 5) is 14.3. The third-order valence-corrected chi connectivity index (χ3v) is 4.10. The average molecular weight is 240 g/mol. The van der Waals surface area contributed by atoms with Crippen LogP contribution in [0, 0.1) is 0 Å². The van der Waals surface area contributed by atoms with Gasteiger partial charge < -0.3 is 15.0 Å². The molecule has 0 spiro atoms. The molecule has 2 fully saturated rings. The highest BCUT2D eigenvalue weighted by atomic mass is 16.5. The first kappa shape index (κ1) is 12.8. The Morgan fingerprint density at radius 1 is 1.35 bits per heavy atom. The Labute approximate surface area is 104 Å². The van der Waals surface area contributed by atoms with Gasteiger partial charge in [0, 0.05) is 25.7 Å². The molecule has 4 heteroatoms. The maximum absolute atomic E-state index is 12.3. The van der Waals surface area contributed by atoms with E-state index in [0.717, 1.165) is 25.9 Å². The Morgan fingerprint density at radius 3 is 2.82 bits per heavy atom. The SMILES string of the molecule is COC(C)C(=O)N1CCCCC1C1CCCN1. The zero-order valence-corrected chi connectivity index (χ0v) is 10.9. The van der Waals surface area contributed by atoms with Crippen LogP contribution in [0.4, 0.5) is 0 Å². The third kappa shape index (κ3) is 2.80. The van der Waals surface area contributed by atoms with Gasteiger partial charge in [0.2, 0.25) is 0 Å². The molecule has 17 heavy (non-hydrogen) atoms. The predicted octanol–water partition coefficient (Wildman–Crippen LogP) is 1.15. The zero-order valence-electron chi connectivity index (χ0n) is 10.9. The predicted molar refractivity (Wildman–Crippen MR) is 66.8 cm³/mol. The number of rotatable bonds is 3. The minimum atomic E-state index is -0.308. The number of nitrogens with zero attached hydrogens (tertiary/aromatic N) is 1. The van der Waals surface area contributed by atoms with Gasteiger partial charge in [0.25, 0.3) is 5.91 Å².